The summed E-state index contributed by atoms with van der Waals surface area (Å²) in [6.07, 6.45) is 12.4. The Balaban J connectivity index is 1.50. The molecule has 4 rings (SSSR count). The normalized spacial score (nSPS) is 23.0. The Labute approximate surface area is 197 Å². The van der Waals surface area contributed by atoms with Gasteiger partial charge in [-0.3, -0.25) is 9.69 Å². The van der Waals surface area contributed by atoms with Crippen LogP contribution in [0.15, 0.2) is 23.1 Å². The highest BCUT2D eigenvalue weighted by Gasteiger charge is 2.38. The van der Waals surface area contributed by atoms with Crippen molar-refractivity contribution in [2.24, 2.45) is 0 Å². The van der Waals surface area contributed by atoms with Gasteiger partial charge in [-0.15, -0.1) is 0 Å². The third-order valence-corrected chi connectivity index (χ3v) is 9.75. The van der Waals surface area contributed by atoms with Crippen molar-refractivity contribution < 1.29 is 13.2 Å². The third kappa shape index (κ3) is 5.16. The first-order valence-corrected chi connectivity index (χ1v) is 14.1. The van der Waals surface area contributed by atoms with Gasteiger partial charge >= 0.3 is 0 Å². The molecule has 3 fully saturated rings. The maximum atomic E-state index is 13.2. The molecule has 0 bridgehead atoms. The van der Waals surface area contributed by atoms with Gasteiger partial charge in [0.1, 0.15) is 0 Å². The molecule has 2 aliphatic heterocycles. The Morgan fingerprint density at radius 1 is 0.906 bits per heavy atom. The number of benzene rings is 1. The van der Waals surface area contributed by atoms with Gasteiger partial charge < -0.3 is 5.32 Å². The first-order valence-electron chi connectivity index (χ1n) is 12.3. The van der Waals surface area contributed by atoms with Crippen LogP contribution in [0.5, 0.6) is 0 Å². The number of nitrogens with one attached hydrogen (secondary N) is 1. The number of carbonyl (C=O) groups is 1. The Hall–Kier alpha value is -1.15. The monoisotopic (exact) mass is 481 g/mol. The molecule has 1 aromatic carbocycles. The molecule has 32 heavy (non-hydrogen) atoms. The van der Waals surface area contributed by atoms with E-state index in [0.29, 0.717) is 19.6 Å². The fraction of sp³-hybridized carbons (Fsp3) is 0.708. The number of piperidine rings is 2. The Bertz CT molecular complexity index is 903. The van der Waals surface area contributed by atoms with E-state index >= 15 is 0 Å². The zero-order valence-corrected chi connectivity index (χ0v) is 20.5. The van der Waals surface area contributed by atoms with Gasteiger partial charge in [-0.2, -0.15) is 4.31 Å². The number of halogens is 1. The minimum absolute atomic E-state index is 0.0122. The van der Waals surface area contributed by atoms with Gasteiger partial charge in [0.15, 0.2) is 0 Å². The molecule has 1 aromatic rings. The number of hydrogen-bond donors (Lipinski definition) is 1. The van der Waals surface area contributed by atoms with Crippen LogP contribution in [0.1, 0.15) is 81.0 Å². The molecule has 1 aliphatic carbocycles. The molecule has 2 saturated heterocycles. The quantitative estimate of drug-likeness (QED) is 0.652. The molecule has 8 heteroatoms. The van der Waals surface area contributed by atoms with Crippen molar-refractivity contribution in [2.45, 2.75) is 81.1 Å². The standard InChI is InChI=1S/C24H36ClN3O3S/c25-22-11-10-20(32(30,31)28-16-8-3-9-17-28)18-21(22)23(29)26-19-24(12-4-1-5-13-24)27-14-6-2-7-15-27/h10-11,18H,1-9,12-17,19H2,(H,26,29). The van der Waals surface area contributed by atoms with E-state index in [-0.39, 0.29) is 26.9 Å². The van der Waals surface area contributed by atoms with Crippen molar-refractivity contribution in [3.63, 3.8) is 0 Å². The van der Waals surface area contributed by atoms with Gasteiger partial charge in [-0.25, -0.2) is 8.42 Å². The maximum absolute atomic E-state index is 13.2. The molecular weight excluding hydrogens is 446 g/mol. The number of sulfonamides is 1. The van der Waals surface area contributed by atoms with Crippen molar-refractivity contribution in [2.75, 3.05) is 32.7 Å². The lowest BCUT2D eigenvalue weighted by atomic mass is 9.79. The van der Waals surface area contributed by atoms with E-state index in [1.165, 1.54) is 61.0 Å². The average molecular weight is 482 g/mol. The molecule has 0 radical (unpaired) electrons. The number of nitrogens with zero attached hydrogens (tertiary/aromatic N) is 2. The fourth-order valence-corrected chi connectivity index (χ4v) is 7.36. The van der Waals surface area contributed by atoms with E-state index in [2.05, 4.69) is 10.2 Å². The molecule has 0 atom stereocenters. The zero-order chi connectivity index (χ0) is 22.6. The molecule has 1 amide bonds. The van der Waals surface area contributed by atoms with Crippen LogP contribution in [0.2, 0.25) is 5.02 Å². The van der Waals surface area contributed by atoms with Crippen LogP contribution in [0.4, 0.5) is 0 Å². The summed E-state index contributed by atoms with van der Waals surface area (Å²) in [6.45, 7) is 3.85. The SMILES string of the molecule is O=C(NCC1(N2CCCCC2)CCCCC1)c1cc(S(=O)(=O)N2CCCCC2)ccc1Cl. The van der Waals surface area contributed by atoms with E-state index in [0.717, 1.165) is 45.2 Å². The topological polar surface area (TPSA) is 69.7 Å². The second-order valence-electron chi connectivity index (χ2n) is 9.62. The predicted octanol–water partition coefficient (Wildman–Crippen LogP) is 4.43. The van der Waals surface area contributed by atoms with Crippen LogP contribution in [-0.4, -0.2) is 61.8 Å². The lowest BCUT2D eigenvalue weighted by molar-refractivity contribution is 0.0326. The Kier molecular flexibility index (Phi) is 7.81. The highest BCUT2D eigenvalue weighted by molar-refractivity contribution is 7.89. The molecule has 178 valence electrons. The molecule has 3 aliphatic rings. The number of carbonyl (C=O) groups excluding carboxylic acids is 1. The van der Waals surface area contributed by atoms with E-state index in [1.54, 1.807) is 0 Å². The Morgan fingerprint density at radius 2 is 1.50 bits per heavy atom. The molecule has 1 N–H and O–H groups in total. The van der Waals surface area contributed by atoms with Crippen LogP contribution in [0.25, 0.3) is 0 Å². The van der Waals surface area contributed by atoms with E-state index in [9.17, 15) is 13.2 Å². The highest BCUT2D eigenvalue weighted by Crippen LogP contribution is 2.35. The van der Waals surface area contributed by atoms with Crippen molar-refractivity contribution in [3.8, 4) is 0 Å². The first-order chi connectivity index (χ1) is 15.4. The van der Waals surface area contributed by atoms with Crippen LogP contribution in [-0.2, 0) is 10.0 Å². The van der Waals surface area contributed by atoms with E-state index < -0.39 is 10.0 Å². The smallest absolute Gasteiger partial charge is 0.252 e. The van der Waals surface area contributed by atoms with Crippen LogP contribution >= 0.6 is 11.6 Å². The first kappa shape index (κ1) is 24.0. The van der Waals surface area contributed by atoms with E-state index in [4.69, 9.17) is 11.6 Å². The minimum atomic E-state index is -3.61. The van der Waals surface area contributed by atoms with Crippen molar-refractivity contribution in [1.29, 1.82) is 0 Å². The molecule has 0 spiro atoms. The van der Waals surface area contributed by atoms with E-state index in [1.807, 2.05) is 0 Å². The molecule has 0 aromatic heterocycles. The van der Waals surface area contributed by atoms with Gasteiger partial charge in [0.05, 0.1) is 15.5 Å². The van der Waals surface area contributed by atoms with Gasteiger partial charge in [-0.1, -0.05) is 43.7 Å². The average Bonchev–Trinajstić information content (AvgIpc) is 2.84. The minimum Gasteiger partial charge on any atom is -0.350 e. The Morgan fingerprint density at radius 3 is 2.16 bits per heavy atom. The number of amides is 1. The summed E-state index contributed by atoms with van der Waals surface area (Å²) in [7, 11) is -3.61. The van der Waals surface area contributed by atoms with Gasteiger partial charge in [-0.05, 0) is 69.8 Å². The predicted molar refractivity (Wildman–Crippen MR) is 128 cm³/mol. The van der Waals surface area contributed by atoms with Crippen LogP contribution in [0.3, 0.4) is 0 Å². The largest absolute Gasteiger partial charge is 0.350 e. The highest BCUT2D eigenvalue weighted by atomic mass is 35.5. The van der Waals surface area contributed by atoms with Crippen LogP contribution in [0, 0.1) is 0 Å². The second kappa shape index (κ2) is 10.4. The summed E-state index contributed by atoms with van der Waals surface area (Å²) in [5, 5.41) is 3.42. The second-order valence-corrected chi connectivity index (χ2v) is 12.0. The zero-order valence-electron chi connectivity index (χ0n) is 19.0. The summed E-state index contributed by atoms with van der Waals surface area (Å²) in [5.41, 5.74) is 0.257. The summed E-state index contributed by atoms with van der Waals surface area (Å²) >= 11 is 6.35. The lowest BCUT2D eigenvalue weighted by Gasteiger charge is -2.48. The fourth-order valence-electron chi connectivity index (χ4n) is 5.62. The number of likely N-dealkylation sites (tertiary alicyclic amines) is 1. The third-order valence-electron chi connectivity index (χ3n) is 7.52. The maximum Gasteiger partial charge on any atom is 0.252 e. The summed E-state index contributed by atoms with van der Waals surface area (Å²) in [5.74, 6) is -0.285. The van der Waals surface area contributed by atoms with Crippen molar-refractivity contribution in [1.82, 2.24) is 14.5 Å². The number of rotatable bonds is 6. The molecule has 0 unspecified atom stereocenters. The number of hydrogen-bond acceptors (Lipinski definition) is 4. The van der Waals surface area contributed by atoms with Crippen molar-refractivity contribution in [3.05, 3.63) is 28.8 Å². The van der Waals surface area contributed by atoms with Gasteiger partial charge in [0.2, 0.25) is 10.0 Å². The molecular formula is C24H36ClN3O3S. The molecule has 1 saturated carbocycles. The molecule has 2 heterocycles. The van der Waals surface area contributed by atoms with Crippen LogP contribution < -0.4 is 5.32 Å². The lowest BCUT2D eigenvalue weighted by Crippen LogP contribution is -2.58. The summed E-state index contributed by atoms with van der Waals surface area (Å²) in [4.78, 5) is 15.9. The van der Waals surface area contributed by atoms with Gasteiger partial charge in [0, 0.05) is 25.2 Å². The van der Waals surface area contributed by atoms with Gasteiger partial charge in [0.25, 0.3) is 5.91 Å². The van der Waals surface area contributed by atoms with Crippen molar-refractivity contribution >= 4 is 27.5 Å². The summed E-state index contributed by atoms with van der Waals surface area (Å²) < 4.78 is 27.7. The molecule has 6 nitrogen and oxygen atoms in total. The summed E-state index contributed by atoms with van der Waals surface area (Å²) in [6, 6.07) is 4.50.